The molecule has 2 aromatic rings. The van der Waals surface area contributed by atoms with Crippen molar-refractivity contribution in [2.75, 3.05) is 0 Å². The Morgan fingerprint density at radius 2 is 2.22 bits per heavy atom. The maximum atomic E-state index is 5.72. The number of aromatic nitrogens is 2. The van der Waals surface area contributed by atoms with Crippen LogP contribution in [0.5, 0.6) is 0 Å². The fourth-order valence-electron chi connectivity index (χ4n) is 1.18. The Bertz CT molecular complexity index is 591. The van der Waals surface area contributed by atoms with E-state index >= 15 is 0 Å². The Kier molecular flexibility index (Phi) is 3.69. The summed E-state index contributed by atoms with van der Waals surface area (Å²) >= 11 is 5.70. The van der Waals surface area contributed by atoms with Gasteiger partial charge in [-0.3, -0.25) is 4.98 Å². The molecule has 18 heavy (non-hydrogen) atoms. The normalized spacial score (nSPS) is 12.8. The SMILES string of the molecule is C/C(=N\N=C(/N)c1cncc(Cl)n1)c1ccco1. The van der Waals surface area contributed by atoms with Crippen LogP contribution in [0.3, 0.4) is 0 Å². The van der Waals surface area contributed by atoms with Gasteiger partial charge < -0.3 is 10.2 Å². The van der Waals surface area contributed by atoms with Crippen LogP contribution in [-0.4, -0.2) is 21.5 Å². The third-order valence-electron chi connectivity index (χ3n) is 2.05. The third kappa shape index (κ3) is 2.92. The number of nitrogens with two attached hydrogens (primary N) is 1. The maximum Gasteiger partial charge on any atom is 0.173 e. The molecule has 0 bridgehead atoms. The van der Waals surface area contributed by atoms with E-state index in [9.17, 15) is 0 Å². The Morgan fingerprint density at radius 1 is 1.39 bits per heavy atom. The molecule has 0 spiro atoms. The predicted molar refractivity (Wildman–Crippen MR) is 68.7 cm³/mol. The molecule has 0 saturated carbocycles. The van der Waals surface area contributed by atoms with Gasteiger partial charge in [0.2, 0.25) is 0 Å². The number of amidine groups is 1. The average molecular weight is 264 g/mol. The fourth-order valence-corrected chi connectivity index (χ4v) is 1.33. The molecule has 7 heteroatoms. The summed E-state index contributed by atoms with van der Waals surface area (Å²) in [7, 11) is 0. The van der Waals surface area contributed by atoms with Crippen LogP contribution in [0, 0.1) is 0 Å². The summed E-state index contributed by atoms with van der Waals surface area (Å²) in [6, 6.07) is 3.55. The zero-order chi connectivity index (χ0) is 13.0. The Hall–Kier alpha value is -2.21. The molecule has 0 aliphatic rings. The minimum absolute atomic E-state index is 0.135. The first-order valence-corrected chi connectivity index (χ1v) is 5.44. The molecule has 2 N–H and O–H groups in total. The van der Waals surface area contributed by atoms with Gasteiger partial charge in [-0.1, -0.05) is 11.6 Å². The van der Waals surface area contributed by atoms with Gasteiger partial charge in [0.1, 0.15) is 22.3 Å². The number of nitrogens with zero attached hydrogens (tertiary/aromatic N) is 4. The minimum Gasteiger partial charge on any atom is -0.463 e. The minimum atomic E-state index is 0.135. The van der Waals surface area contributed by atoms with Crippen molar-refractivity contribution in [2.45, 2.75) is 6.92 Å². The lowest BCUT2D eigenvalue weighted by Gasteiger charge is -1.97. The number of hydrogen-bond acceptors (Lipinski definition) is 5. The number of hydrogen-bond donors (Lipinski definition) is 1. The second kappa shape index (κ2) is 5.42. The molecule has 0 atom stereocenters. The molecule has 0 fully saturated rings. The molecule has 0 saturated heterocycles. The molecule has 0 aromatic carbocycles. The van der Waals surface area contributed by atoms with Gasteiger partial charge in [-0.05, 0) is 19.1 Å². The second-order valence-corrected chi connectivity index (χ2v) is 3.76. The van der Waals surface area contributed by atoms with Crippen molar-refractivity contribution in [1.29, 1.82) is 0 Å². The van der Waals surface area contributed by atoms with Crippen LogP contribution in [-0.2, 0) is 0 Å². The highest BCUT2D eigenvalue weighted by molar-refractivity contribution is 6.29. The van der Waals surface area contributed by atoms with E-state index in [4.69, 9.17) is 21.8 Å². The van der Waals surface area contributed by atoms with Crippen LogP contribution >= 0.6 is 11.6 Å². The molecule has 2 rings (SSSR count). The van der Waals surface area contributed by atoms with Crippen LogP contribution in [0.25, 0.3) is 0 Å². The Labute approximate surface area is 108 Å². The molecule has 0 radical (unpaired) electrons. The lowest BCUT2D eigenvalue weighted by Crippen LogP contribution is -2.15. The van der Waals surface area contributed by atoms with Crippen LogP contribution in [0.4, 0.5) is 0 Å². The van der Waals surface area contributed by atoms with E-state index in [1.165, 1.54) is 12.4 Å². The highest BCUT2D eigenvalue weighted by Gasteiger charge is 2.03. The first kappa shape index (κ1) is 12.3. The summed E-state index contributed by atoms with van der Waals surface area (Å²) in [6.07, 6.45) is 4.43. The van der Waals surface area contributed by atoms with Crippen LogP contribution in [0.2, 0.25) is 5.15 Å². The number of rotatable bonds is 3. The quantitative estimate of drug-likeness (QED) is 0.520. The molecular formula is C11H10ClN5O. The summed E-state index contributed by atoms with van der Waals surface area (Å²) in [5.41, 5.74) is 6.70. The first-order valence-electron chi connectivity index (χ1n) is 5.06. The van der Waals surface area contributed by atoms with Crippen LogP contribution in [0.1, 0.15) is 18.4 Å². The standard InChI is InChI=1S/C11H10ClN5O/c1-7(9-3-2-4-18-9)16-17-11(13)8-5-14-6-10(12)15-8/h2-6H,1H3,(H2,13,17)/b16-7+. The number of furan rings is 1. The van der Waals surface area contributed by atoms with Gasteiger partial charge in [0.25, 0.3) is 0 Å². The molecule has 2 aromatic heterocycles. The number of halogens is 1. The lowest BCUT2D eigenvalue weighted by atomic mass is 10.3. The van der Waals surface area contributed by atoms with Gasteiger partial charge in [-0.2, -0.15) is 0 Å². The molecule has 0 unspecified atom stereocenters. The molecule has 0 aliphatic carbocycles. The molecular weight excluding hydrogens is 254 g/mol. The maximum absolute atomic E-state index is 5.72. The molecule has 92 valence electrons. The third-order valence-corrected chi connectivity index (χ3v) is 2.24. The monoisotopic (exact) mass is 263 g/mol. The van der Waals surface area contributed by atoms with Gasteiger partial charge in [-0.15, -0.1) is 10.2 Å². The van der Waals surface area contributed by atoms with Crippen molar-refractivity contribution in [3.63, 3.8) is 0 Å². The highest BCUT2D eigenvalue weighted by atomic mass is 35.5. The zero-order valence-corrected chi connectivity index (χ0v) is 10.3. The first-order chi connectivity index (χ1) is 8.66. The van der Waals surface area contributed by atoms with Crippen molar-refractivity contribution in [3.8, 4) is 0 Å². The summed E-state index contributed by atoms with van der Waals surface area (Å²) in [6.45, 7) is 1.76. The van der Waals surface area contributed by atoms with Crippen molar-refractivity contribution >= 4 is 23.1 Å². The summed E-state index contributed by atoms with van der Waals surface area (Å²) in [5, 5.41) is 8.05. The van der Waals surface area contributed by atoms with Crippen molar-refractivity contribution in [1.82, 2.24) is 9.97 Å². The van der Waals surface area contributed by atoms with E-state index in [2.05, 4.69) is 20.2 Å². The molecule has 0 aliphatic heterocycles. The van der Waals surface area contributed by atoms with Crippen LogP contribution < -0.4 is 5.73 Å². The summed E-state index contributed by atoms with van der Waals surface area (Å²) in [5.74, 6) is 0.764. The molecule has 2 heterocycles. The van der Waals surface area contributed by atoms with Gasteiger partial charge in [-0.25, -0.2) is 4.98 Å². The van der Waals surface area contributed by atoms with Crippen molar-refractivity contribution in [3.05, 3.63) is 47.4 Å². The predicted octanol–water partition coefficient (Wildman–Crippen LogP) is 1.85. The van der Waals surface area contributed by atoms with E-state index in [1.807, 2.05) is 0 Å². The van der Waals surface area contributed by atoms with E-state index < -0.39 is 0 Å². The molecule has 6 nitrogen and oxygen atoms in total. The lowest BCUT2D eigenvalue weighted by molar-refractivity contribution is 0.557. The topological polar surface area (TPSA) is 89.7 Å². The van der Waals surface area contributed by atoms with Gasteiger partial charge in [0, 0.05) is 0 Å². The molecule has 0 amide bonds. The van der Waals surface area contributed by atoms with E-state index in [0.717, 1.165) is 0 Å². The fraction of sp³-hybridized carbons (Fsp3) is 0.0909. The average Bonchev–Trinajstić information content (AvgIpc) is 2.89. The van der Waals surface area contributed by atoms with Crippen LogP contribution in [0.15, 0.2) is 45.4 Å². The smallest absolute Gasteiger partial charge is 0.173 e. The summed E-state index contributed by atoms with van der Waals surface area (Å²) < 4.78 is 5.16. The van der Waals surface area contributed by atoms with Gasteiger partial charge >= 0.3 is 0 Å². The van der Waals surface area contributed by atoms with Gasteiger partial charge in [0.15, 0.2) is 5.84 Å². The van der Waals surface area contributed by atoms with Crippen molar-refractivity contribution < 1.29 is 4.42 Å². The second-order valence-electron chi connectivity index (χ2n) is 3.37. The zero-order valence-electron chi connectivity index (χ0n) is 9.54. The van der Waals surface area contributed by atoms with E-state index in [1.54, 1.807) is 25.3 Å². The summed E-state index contributed by atoms with van der Waals surface area (Å²) in [4.78, 5) is 7.83. The van der Waals surface area contributed by atoms with E-state index in [-0.39, 0.29) is 11.0 Å². The van der Waals surface area contributed by atoms with E-state index in [0.29, 0.717) is 17.2 Å². The Balaban J connectivity index is 2.21. The Morgan fingerprint density at radius 3 is 2.89 bits per heavy atom. The van der Waals surface area contributed by atoms with Crippen molar-refractivity contribution in [2.24, 2.45) is 15.9 Å². The van der Waals surface area contributed by atoms with Gasteiger partial charge in [0.05, 0.1) is 18.7 Å². The largest absolute Gasteiger partial charge is 0.463 e. The highest BCUT2D eigenvalue weighted by Crippen LogP contribution is 2.04.